The number of rotatable bonds is 7. The number of sulfonamides is 1. The van der Waals surface area contributed by atoms with E-state index in [-0.39, 0.29) is 10.9 Å². The number of nitrogens with zero attached hydrogens (tertiary/aromatic N) is 2. The Morgan fingerprint density at radius 2 is 1.44 bits per heavy atom. The lowest BCUT2D eigenvalue weighted by Gasteiger charge is -2.39. The van der Waals surface area contributed by atoms with E-state index >= 15 is 0 Å². The fourth-order valence-electron chi connectivity index (χ4n) is 4.18. The van der Waals surface area contributed by atoms with Crippen LogP contribution in [0.3, 0.4) is 0 Å². The second kappa shape index (κ2) is 10.0. The summed E-state index contributed by atoms with van der Waals surface area (Å²) in [7, 11) is -3.72. The molecular formula is C25H27ClN2O3S. The van der Waals surface area contributed by atoms with Gasteiger partial charge in [0.05, 0.1) is 12.6 Å². The van der Waals surface area contributed by atoms with E-state index in [2.05, 4.69) is 29.2 Å². The van der Waals surface area contributed by atoms with E-state index < -0.39 is 10.0 Å². The first-order chi connectivity index (χ1) is 15.5. The quantitative estimate of drug-likeness (QED) is 0.496. The van der Waals surface area contributed by atoms with Gasteiger partial charge in [0.2, 0.25) is 10.0 Å². The zero-order chi connectivity index (χ0) is 22.6. The average molecular weight is 471 g/mol. The molecule has 0 spiro atoms. The van der Waals surface area contributed by atoms with E-state index in [0.29, 0.717) is 43.6 Å². The summed E-state index contributed by atoms with van der Waals surface area (Å²) < 4.78 is 33.9. The molecule has 0 N–H and O–H groups in total. The third-order valence-corrected chi connectivity index (χ3v) is 7.85. The summed E-state index contributed by atoms with van der Waals surface area (Å²) in [4.78, 5) is 2.47. The van der Waals surface area contributed by atoms with Gasteiger partial charge in [-0.15, -0.1) is 0 Å². The molecule has 0 aromatic heterocycles. The van der Waals surface area contributed by atoms with E-state index in [4.69, 9.17) is 16.3 Å². The minimum Gasteiger partial charge on any atom is -0.492 e. The molecule has 5 nitrogen and oxygen atoms in total. The van der Waals surface area contributed by atoms with Gasteiger partial charge in [-0.1, -0.05) is 72.3 Å². The lowest BCUT2D eigenvalue weighted by Crippen LogP contribution is -2.49. The molecule has 1 aliphatic rings. The zero-order valence-corrected chi connectivity index (χ0v) is 19.6. The molecule has 1 aliphatic heterocycles. The standard InChI is InChI=1S/C25H27ClN2O3S/c1-2-31-23-14-13-22(26)19-24(23)32(29,30)28-17-15-27(16-18-28)25(20-9-5-3-6-10-20)21-11-7-4-8-12-21/h3-14,19,25H,2,15-18H2,1H3. The lowest BCUT2D eigenvalue weighted by molar-refractivity contribution is 0.155. The Kier molecular flexibility index (Phi) is 7.16. The molecule has 4 rings (SSSR count). The molecule has 3 aromatic rings. The Hall–Kier alpha value is -2.38. The van der Waals surface area contributed by atoms with Gasteiger partial charge >= 0.3 is 0 Å². The number of ether oxygens (including phenoxy) is 1. The van der Waals surface area contributed by atoms with Crippen LogP contribution in [0.4, 0.5) is 0 Å². The number of hydrogen-bond donors (Lipinski definition) is 0. The van der Waals surface area contributed by atoms with Gasteiger partial charge in [0.1, 0.15) is 10.6 Å². The van der Waals surface area contributed by atoms with E-state index in [9.17, 15) is 8.42 Å². The molecule has 1 heterocycles. The normalized spacial score (nSPS) is 15.7. The highest BCUT2D eigenvalue weighted by Gasteiger charge is 2.33. The summed E-state index contributed by atoms with van der Waals surface area (Å²) in [5, 5.41) is 0.374. The largest absolute Gasteiger partial charge is 0.492 e. The van der Waals surface area contributed by atoms with Crippen LogP contribution in [0, 0.1) is 0 Å². The van der Waals surface area contributed by atoms with Gasteiger partial charge < -0.3 is 4.74 Å². The van der Waals surface area contributed by atoms with Gasteiger partial charge in [-0.25, -0.2) is 8.42 Å². The molecule has 0 amide bonds. The predicted octanol–water partition coefficient (Wildman–Crippen LogP) is 4.83. The maximum absolute atomic E-state index is 13.4. The van der Waals surface area contributed by atoms with Gasteiger partial charge in [0, 0.05) is 31.2 Å². The first-order valence-corrected chi connectivity index (χ1v) is 12.6. The highest BCUT2D eigenvalue weighted by atomic mass is 35.5. The van der Waals surface area contributed by atoms with Crippen LogP contribution >= 0.6 is 11.6 Å². The second-order valence-corrected chi connectivity index (χ2v) is 10.0. The van der Waals surface area contributed by atoms with Crippen molar-refractivity contribution in [2.45, 2.75) is 17.9 Å². The molecule has 7 heteroatoms. The second-order valence-electron chi connectivity index (χ2n) is 7.69. The van der Waals surface area contributed by atoms with Crippen molar-refractivity contribution in [1.29, 1.82) is 0 Å². The highest BCUT2D eigenvalue weighted by Crippen LogP contribution is 2.33. The number of piperazine rings is 1. The van der Waals surface area contributed by atoms with Gasteiger partial charge in [-0.2, -0.15) is 4.31 Å². The monoisotopic (exact) mass is 470 g/mol. The van der Waals surface area contributed by atoms with Gasteiger partial charge in [-0.05, 0) is 36.2 Å². The third kappa shape index (κ3) is 4.84. The molecule has 1 saturated heterocycles. The van der Waals surface area contributed by atoms with Crippen LogP contribution < -0.4 is 4.74 Å². The number of hydrogen-bond acceptors (Lipinski definition) is 4. The fraction of sp³-hybridized carbons (Fsp3) is 0.280. The van der Waals surface area contributed by atoms with E-state index in [1.165, 1.54) is 21.5 Å². The highest BCUT2D eigenvalue weighted by molar-refractivity contribution is 7.89. The SMILES string of the molecule is CCOc1ccc(Cl)cc1S(=O)(=O)N1CCN(C(c2ccccc2)c2ccccc2)CC1. The van der Waals surface area contributed by atoms with E-state index in [1.807, 2.05) is 43.3 Å². The number of halogens is 1. The van der Waals surface area contributed by atoms with Crippen molar-refractivity contribution >= 4 is 21.6 Å². The van der Waals surface area contributed by atoms with Crippen molar-refractivity contribution < 1.29 is 13.2 Å². The fourth-order valence-corrected chi connectivity index (χ4v) is 6.00. The topological polar surface area (TPSA) is 49.9 Å². The third-order valence-electron chi connectivity index (χ3n) is 5.69. The summed E-state index contributed by atoms with van der Waals surface area (Å²) in [6.45, 7) is 4.26. The van der Waals surface area contributed by atoms with Crippen LogP contribution in [0.5, 0.6) is 5.75 Å². The summed E-state index contributed by atoms with van der Waals surface area (Å²) in [6.07, 6.45) is 0. The van der Waals surface area contributed by atoms with Crippen LogP contribution in [0.15, 0.2) is 83.8 Å². The van der Waals surface area contributed by atoms with Crippen molar-refractivity contribution in [1.82, 2.24) is 9.21 Å². The Bertz CT molecular complexity index is 1090. The summed E-state index contributed by atoms with van der Waals surface area (Å²) in [6, 6.07) is 25.5. The molecule has 0 atom stereocenters. The summed E-state index contributed by atoms with van der Waals surface area (Å²) in [5.74, 6) is 0.339. The maximum atomic E-state index is 13.4. The predicted molar refractivity (Wildman–Crippen MR) is 128 cm³/mol. The smallest absolute Gasteiger partial charge is 0.246 e. The molecule has 0 radical (unpaired) electrons. The average Bonchev–Trinajstić information content (AvgIpc) is 2.82. The molecule has 0 saturated carbocycles. The Labute approximate surface area is 195 Å². The van der Waals surface area contributed by atoms with Crippen molar-refractivity contribution in [3.05, 3.63) is 95.0 Å². The van der Waals surface area contributed by atoms with Crippen LogP contribution in [-0.4, -0.2) is 50.4 Å². The first-order valence-electron chi connectivity index (χ1n) is 10.8. The molecule has 0 unspecified atom stereocenters. The lowest BCUT2D eigenvalue weighted by atomic mass is 9.96. The Morgan fingerprint density at radius 1 is 0.875 bits per heavy atom. The van der Waals surface area contributed by atoms with E-state index in [0.717, 1.165) is 0 Å². The van der Waals surface area contributed by atoms with Crippen LogP contribution in [0.1, 0.15) is 24.1 Å². The molecule has 1 fully saturated rings. The number of benzene rings is 3. The molecule has 0 aliphatic carbocycles. The van der Waals surface area contributed by atoms with Crippen molar-refractivity contribution in [3.8, 4) is 5.75 Å². The Morgan fingerprint density at radius 3 is 1.97 bits per heavy atom. The van der Waals surface area contributed by atoms with Crippen molar-refractivity contribution in [3.63, 3.8) is 0 Å². The molecular weight excluding hydrogens is 444 g/mol. The van der Waals surface area contributed by atoms with Gasteiger partial charge in [-0.3, -0.25) is 4.90 Å². The van der Waals surface area contributed by atoms with Crippen molar-refractivity contribution in [2.24, 2.45) is 0 Å². The zero-order valence-electron chi connectivity index (χ0n) is 18.0. The van der Waals surface area contributed by atoms with E-state index in [1.54, 1.807) is 12.1 Å². The van der Waals surface area contributed by atoms with Crippen LogP contribution in [0.25, 0.3) is 0 Å². The first kappa shape index (κ1) is 22.8. The van der Waals surface area contributed by atoms with Crippen molar-refractivity contribution in [2.75, 3.05) is 32.8 Å². The van der Waals surface area contributed by atoms with Crippen LogP contribution in [-0.2, 0) is 10.0 Å². The Balaban J connectivity index is 1.57. The summed E-state index contributed by atoms with van der Waals surface area (Å²) in [5.41, 5.74) is 2.40. The minimum absolute atomic E-state index is 0.0763. The van der Waals surface area contributed by atoms with Crippen LogP contribution in [0.2, 0.25) is 5.02 Å². The molecule has 168 valence electrons. The minimum atomic E-state index is -3.72. The maximum Gasteiger partial charge on any atom is 0.246 e. The molecule has 3 aromatic carbocycles. The van der Waals surface area contributed by atoms with Gasteiger partial charge in [0.25, 0.3) is 0 Å². The summed E-state index contributed by atoms with van der Waals surface area (Å²) >= 11 is 6.12. The molecule has 32 heavy (non-hydrogen) atoms. The van der Waals surface area contributed by atoms with Gasteiger partial charge in [0.15, 0.2) is 0 Å². The molecule has 0 bridgehead atoms.